The van der Waals surface area contributed by atoms with E-state index in [0.29, 0.717) is 16.3 Å². The number of hydrogen-bond acceptors (Lipinski definition) is 3. The van der Waals surface area contributed by atoms with E-state index in [0.717, 1.165) is 5.56 Å². The summed E-state index contributed by atoms with van der Waals surface area (Å²) in [5.74, 6) is 0.251. The largest absolute Gasteiger partial charge is 0.494 e. The normalized spacial score (nSPS) is 12.0. The fraction of sp³-hybridized carbons (Fsp3) is 0.250. The molecule has 1 atom stereocenters. The quantitative estimate of drug-likeness (QED) is 0.905. The van der Waals surface area contributed by atoms with Crippen LogP contribution in [0.1, 0.15) is 24.1 Å². The molecule has 2 rings (SSSR count). The van der Waals surface area contributed by atoms with E-state index in [4.69, 9.17) is 26.8 Å². The third-order valence-corrected chi connectivity index (χ3v) is 3.42. The SMILES string of the molecule is COc1cccc(COc2ccc(C(C)N)cc2Cl)c1F. The van der Waals surface area contributed by atoms with Crippen molar-refractivity contribution in [2.45, 2.75) is 19.6 Å². The van der Waals surface area contributed by atoms with E-state index in [2.05, 4.69) is 0 Å². The summed E-state index contributed by atoms with van der Waals surface area (Å²) < 4.78 is 24.5. The molecule has 3 nitrogen and oxygen atoms in total. The first kappa shape index (κ1) is 15.6. The average molecular weight is 310 g/mol. The second-order valence-corrected chi connectivity index (χ2v) is 5.11. The second-order valence-electron chi connectivity index (χ2n) is 4.70. The number of hydrogen-bond donors (Lipinski definition) is 1. The molecule has 2 aromatic carbocycles. The molecule has 2 aromatic rings. The van der Waals surface area contributed by atoms with E-state index in [-0.39, 0.29) is 18.4 Å². The van der Waals surface area contributed by atoms with Crippen molar-refractivity contribution in [3.05, 3.63) is 58.4 Å². The number of methoxy groups -OCH3 is 1. The number of benzene rings is 2. The van der Waals surface area contributed by atoms with Crippen LogP contribution in [0, 0.1) is 5.82 Å². The van der Waals surface area contributed by atoms with E-state index in [1.807, 2.05) is 13.0 Å². The molecule has 0 radical (unpaired) electrons. The van der Waals surface area contributed by atoms with Gasteiger partial charge >= 0.3 is 0 Å². The van der Waals surface area contributed by atoms with Crippen molar-refractivity contribution >= 4 is 11.6 Å². The summed E-state index contributed by atoms with van der Waals surface area (Å²) in [6, 6.07) is 10.1. The first-order chi connectivity index (χ1) is 10.0. The van der Waals surface area contributed by atoms with E-state index in [9.17, 15) is 4.39 Å². The van der Waals surface area contributed by atoms with Crippen molar-refractivity contribution in [1.82, 2.24) is 0 Å². The molecule has 0 aliphatic heterocycles. The van der Waals surface area contributed by atoms with Crippen LogP contribution in [0.4, 0.5) is 4.39 Å². The first-order valence-corrected chi connectivity index (χ1v) is 6.90. The maximum absolute atomic E-state index is 14.0. The van der Waals surface area contributed by atoms with Crippen LogP contribution >= 0.6 is 11.6 Å². The van der Waals surface area contributed by atoms with Gasteiger partial charge in [-0.15, -0.1) is 0 Å². The molecule has 0 aromatic heterocycles. The Morgan fingerprint density at radius 2 is 2.00 bits per heavy atom. The fourth-order valence-corrected chi connectivity index (χ4v) is 2.14. The zero-order chi connectivity index (χ0) is 15.4. The predicted molar refractivity (Wildman–Crippen MR) is 81.3 cm³/mol. The van der Waals surface area contributed by atoms with Crippen LogP contribution in [-0.2, 0) is 6.61 Å². The van der Waals surface area contributed by atoms with Gasteiger partial charge in [0.1, 0.15) is 12.4 Å². The van der Waals surface area contributed by atoms with Crippen molar-refractivity contribution in [2.75, 3.05) is 7.11 Å². The Labute approximate surface area is 128 Å². The van der Waals surface area contributed by atoms with Gasteiger partial charge in [0, 0.05) is 11.6 Å². The highest BCUT2D eigenvalue weighted by Crippen LogP contribution is 2.29. The van der Waals surface area contributed by atoms with Gasteiger partial charge in [-0.25, -0.2) is 4.39 Å². The predicted octanol–water partition coefficient (Wildman–Crippen LogP) is 4.09. The van der Waals surface area contributed by atoms with Crippen molar-refractivity contribution in [3.8, 4) is 11.5 Å². The van der Waals surface area contributed by atoms with Crippen molar-refractivity contribution in [3.63, 3.8) is 0 Å². The van der Waals surface area contributed by atoms with Gasteiger partial charge in [-0.3, -0.25) is 0 Å². The summed E-state index contributed by atoms with van der Waals surface area (Å²) in [6.07, 6.45) is 0. The van der Waals surface area contributed by atoms with Gasteiger partial charge < -0.3 is 15.2 Å². The molecular formula is C16H17ClFNO2. The molecule has 0 fully saturated rings. The average Bonchev–Trinajstić information content (AvgIpc) is 2.47. The topological polar surface area (TPSA) is 44.5 Å². The monoisotopic (exact) mass is 309 g/mol. The summed E-state index contributed by atoms with van der Waals surface area (Å²) in [6.45, 7) is 1.94. The molecule has 0 amide bonds. The zero-order valence-corrected chi connectivity index (χ0v) is 12.7. The Morgan fingerprint density at radius 3 is 2.62 bits per heavy atom. The summed E-state index contributed by atoms with van der Waals surface area (Å²) in [7, 11) is 1.42. The minimum absolute atomic E-state index is 0.0697. The molecule has 5 heteroatoms. The summed E-state index contributed by atoms with van der Waals surface area (Å²) in [5.41, 5.74) is 7.11. The fourth-order valence-electron chi connectivity index (χ4n) is 1.90. The molecule has 0 bridgehead atoms. The molecule has 0 aliphatic carbocycles. The van der Waals surface area contributed by atoms with Crippen molar-refractivity contribution < 1.29 is 13.9 Å². The van der Waals surface area contributed by atoms with Crippen LogP contribution in [0.15, 0.2) is 36.4 Å². The van der Waals surface area contributed by atoms with Gasteiger partial charge in [-0.2, -0.15) is 0 Å². The maximum atomic E-state index is 14.0. The Bertz CT molecular complexity index is 632. The molecule has 21 heavy (non-hydrogen) atoms. The van der Waals surface area contributed by atoms with Gasteiger partial charge in [0.25, 0.3) is 0 Å². The number of halogens is 2. The summed E-state index contributed by atoms with van der Waals surface area (Å²) >= 11 is 6.14. The third kappa shape index (κ3) is 3.65. The standard InChI is InChI=1S/C16H17ClFNO2/c1-10(19)11-6-7-14(13(17)8-11)21-9-12-4-3-5-15(20-2)16(12)18/h3-8,10H,9,19H2,1-2H3. The van der Waals surface area contributed by atoms with Gasteiger partial charge in [-0.05, 0) is 30.7 Å². The Morgan fingerprint density at radius 1 is 1.24 bits per heavy atom. The molecule has 112 valence electrons. The van der Waals surface area contributed by atoms with Crippen molar-refractivity contribution in [2.24, 2.45) is 5.73 Å². The van der Waals surface area contributed by atoms with Gasteiger partial charge in [0.2, 0.25) is 0 Å². The van der Waals surface area contributed by atoms with Gasteiger partial charge in [-0.1, -0.05) is 29.8 Å². The zero-order valence-electron chi connectivity index (χ0n) is 11.9. The molecule has 0 saturated carbocycles. The Balaban J connectivity index is 2.13. The molecule has 0 spiro atoms. The Kier molecular flexibility index (Phi) is 5.04. The lowest BCUT2D eigenvalue weighted by Gasteiger charge is -2.12. The minimum Gasteiger partial charge on any atom is -0.494 e. The lowest BCUT2D eigenvalue weighted by Crippen LogP contribution is -2.05. The van der Waals surface area contributed by atoms with Gasteiger partial charge in [0.15, 0.2) is 11.6 Å². The second kappa shape index (κ2) is 6.78. The van der Waals surface area contributed by atoms with E-state index in [1.165, 1.54) is 7.11 Å². The lowest BCUT2D eigenvalue weighted by atomic mass is 10.1. The smallest absolute Gasteiger partial charge is 0.171 e. The molecule has 2 N–H and O–H groups in total. The van der Waals surface area contributed by atoms with Crippen LogP contribution in [-0.4, -0.2) is 7.11 Å². The number of rotatable bonds is 5. The minimum atomic E-state index is -0.427. The van der Waals surface area contributed by atoms with Crippen LogP contribution < -0.4 is 15.2 Å². The van der Waals surface area contributed by atoms with Crippen molar-refractivity contribution in [1.29, 1.82) is 0 Å². The maximum Gasteiger partial charge on any atom is 0.171 e. The molecule has 0 aliphatic rings. The molecular weight excluding hydrogens is 293 g/mol. The van der Waals surface area contributed by atoms with E-state index < -0.39 is 5.82 Å². The van der Waals surface area contributed by atoms with Gasteiger partial charge in [0.05, 0.1) is 12.1 Å². The molecule has 0 saturated heterocycles. The molecule has 0 heterocycles. The summed E-state index contributed by atoms with van der Waals surface area (Å²) in [5, 5.41) is 0.452. The third-order valence-electron chi connectivity index (χ3n) is 3.13. The van der Waals surface area contributed by atoms with Crippen LogP contribution in [0.5, 0.6) is 11.5 Å². The molecule has 1 unspecified atom stereocenters. The highest BCUT2D eigenvalue weighted by Gasteiger charge is 2.10. The van der Waals surface area contributed by atoms with E-state index in [1.54, 1.807) is 30.3 Å². The Hall–Kier alpha value is -1.78. The van der Waals surface area contributed by atoms with E-state index >= 15 is 0 Å². The highest BCUT2D eigenvalue weighted by molar-refractivity contribution is 6.32. The van der Waals surface area contributed by atoms with Crippen LogP contribution in [0.3, 0.4) is 0 Å². The summed E-state index contributed by atoms with van der Waals surface area (Å²) in [4.78, 5) is 0. The van der Waals surface area contributed by atoms with Crippen LogP contribution in [0.25, 0.3) is 0 Å². The number of ether oxygens (including phenoxy) is 2. The number of nitrogens with two attached hydrogens (primary N) is 1. The highest BCUT2D eigenvalue weighted by atomic mass is 35.5. The first-order valence-electron chi connectivity index (χ1n) is 6.52. The lowest BCUT2D eigenvalue weighted by molar-refractivity contribution is 0.296. The van der Waals surface area contributed by atoms with Crippen LogP contribution in [0.2, 0.25) is 5.02 Å².